The Kier molecular flexibility index (Phi) is 6.66. The van der Waals surface area contributed by atoms with Gasteiger partial charge in [-0.1, -0.05) is 79.2 Å². The summed E-state index contributed by atoms with van der Waals surface area (Å²) in [4.78, 5) is 26.2. The number of nitrogens with one attached hydrogen (secondary N) is 1. The van der Waals surface area contributed by atoms with Gasteiger partial charge in [-0.2, -0.15) is 0 Å². The van der Waals surface area contributed by atoms with Gasteiger partial charge in [0.15, 0.2) is 0 Å². The van der Waals surface area contributed by atoms with Crippen molar-refractivity contribution in [1.82, 2.24) is 5.43 Å². The molecule has 32 heavy (non-hydrogen) atoms. The summed E-state index contributed by atoms with van der Waals surface area (Å²) in [5.74, 6) is -0.860. The Morgan fingerprint density at radius 3 is 2.34 bits per heavy atom. The van der Waals surface area contributed by atoms with Crippen LogP contribution in [0.2, 0.25) is 0 Å². The minimum Gasteiger partial charge on any atom is -0.320 e. The van der Waals surface area contributed by atoms with Crippen molar-refractivity contribution in [3.8, 4) is 11.1 Å². The van der Waals surface area contributed by atoms with E-state index in [1.165, 1.54) is 10.6 Å². The number of hydrogen-bond acceptors (Lipinski definition) is 3. The zero-order valence-corrected chi connectivity index (χ0v) is 18.3. The average Bonchev–Trinajstić information content (AvgIpc) is 2.91. The van der Waals surface area contributed by atoms with Crippen molar-refractivity contribution in [3.63, 3.8) is 0 Å². The molecule has 0 aromatic heterocycles. The zero-order valence-electron chi connectivity index (χ0n) is 18.3. The van der Waals surface area contributed by atoms with Gasteiger partial charge in [0.25, 0.3) is 11.8 Å². The number of hydrogen-bond donors (Lipinski definition) is 2. The molecule has 5 nitrogen and oxygen atoms in total. The van der Waals surface area contributed by atoms with E-state index in [1.807, 2.05) is 48.5 Å². The quantitative estimate of drug-likeness (QED) is 0.542. The van der Waals surface area contributed by atoms with Crippen LogP contribution < -0.4 is 16.2 Å². The molecule has 0 spiro atoms. The van der Waals surface area contributed by atoms with E-state index >= 15 is 0 Å². The smallest absolute Gasteiger partial charge is 0.255 e. The molecule has 4 rings (SSSR count). The fourth-order valence-electron chi connectivity index (χ4n) is 4.28. The SMILES string of the molecule is C[C@H](N)C(=O)NN1C(=O)C(CCCCc2ccccc2)c2ccccc2-c2ccccc21. The van der Waals surface area contributed by atoms with Gasteiger partial charge in [-0.05, 0) is 48.9 Å². The number of unbranched alkanes of at least 4 members (excludes halogenated alkanes) is 1. The Morgan fingerprint density at radius 1 is 0.938 bits per heavy atom. The van der Waals surface area contributed by atoms with Crippen molar-refractivity contribution in [2.45, 2.75) is 44.6 Å². The Balaban J connectivity index is 1.63. The Bertz CT molecular complexity index is 1090. The van der Waals surface area contributed by atoms with Crippen LogP contribution in [0.5, 0.6) is 0 Å². The molecule has 3 N–H and O–H groups in total. The molecule has 0 saturated carbocycles. The molecule has 164 valence electrons. The maximum Gasteiger partial charge on any atom is 0.255 e. The topological polar surface area (TPSA) is 75.4 Å². The average molecular weight is 428 g/mol. The highest BCUT2D eigenvalue weighted by Crippen LogP contribution is 2.41. The van der Waals surface area contributed by atoms with E-state index in [9.17, 15) is 9.59 Å². The molecule has 1 heterocycles. The van der Waals surface area contributed by atoms with Gasteiger partial charge in [-0.15, -0.1) is 0 Å². The van der Waals surface area contributed by atoms with Crippen LogP contribution in [0.3, 0.4) is 0 Å². The van der Waals surface area contributed by atoms with Gasteiger partial charge < -0.3 is 5.73 Å². The van der Waals surface area contributed by atoms with E-state index in [0.717, 1.165) is 36.0 Å². The first-order valence-corrected chi connectivity index (χ1v) is 11.2. The lowest BCUT2D eigenvalue weighted by Crippen LogP contribution is -2.52. The predicted molar refractivity (Wildman–Crippen MR) is 128 cm³/mol. The lowest BCUT2D eigenvalue weighted by Gasteiger charge is -2.27. The van der Waals surface area contributed by atoms with Crippen LogP contribution in [0.4, 0.5) is 5.69 Å². The Labute approximate surface area is 189 Å². The summed E-state index contributed by atoms with van der Waals surface area (Å²) in [6, 6.07) is 25.4. The van der Waals surface area contributed by atoms with E-state index in [2.05, 4.69) is 35.8 Å². The molecule has 0 fully saturated rings. The van der Waals surface area contributed by atoms with Crippen LogP contribution in [0.1, 0.15) is 43.2 Å². The fourth-order valence-corrected chi connectivity index (χ4v) is 4.28. The molecule has 3 aromatic carbocycles. The number of benzene rings is 3. The molecule has 2 atom stereocenters. The van der Waals surface area contributed by atoms with Crippen LogP contribution in [0.25, 0.3) is 11.1 Å². The maximum absolute atomic E-state index is 13.8. The van der Waals surface area contributed by atoms with Crippen molar-refractivity contribution in [2.75, 3.05) is 5.01 Å². The van der Waals surface area contributed by atoms with Crippen LogP contribution in [-0.2, 0) is 16.0 Å². The second kappa shape index (κ2) is 9.79. The van der Waals surface area contributed by atoms with Crippen LogP contribution in [0.15, 0.2) is 78.9 Å². The lowest BCUT2D eigenvalue weighted by molar-refractivity contribution is -0.127. The number of fused-ring (bicyclic) bond motifs is 3. The Hall–Kier alpha value is -3.44. The molecule has 0 saturated heterocycles. The van der Waals surface area contributed by atoms with E-state index in [1.54, 1.807) is 6.92 Å². The van der Waals surface area contributed by atoms with Crippen LogP contribution >= 0.6 is 0 Å². The second-order valence-corrected chi connectivity index (χ2v) is 8.33. The first-order valence-electron chi connectivity index (χ1n) is 11.2. The molecule has 0 aliphatic carbocycles. The Morgan fingerprint density at radius 2 is 1.59 bits per heavy atom. The molecule has 1 aliphatic heterocycles. The number of carbonyl (C=O) groups excluding carboxylic acids is 2. The monoisotopic (exact) mass is 427 g/mol. The summed E-state index contributed by atoms with van der Waals surface area (Å²) in [5, 5.41) is 1.41. The first kappa shape index (κ1) is 21.8. The third-order valence-corrected chi connectivity index (χ3v) is 5.98. The van der Waals surface area contributed by atoms with Gasteiger partial charge in [0.2, 0.25) is 0 Å². The third kappa shape index (κ3) is 4.58. The molecule has 5 heteroatoms. The molecule has 3 aromatic rings. The number of para-hydroxylation sites is 1. The molecule has 2 amide bonds. The predicted octanol–water partition coefficient (Wildman–Crippen LogP) is 4.58. The summed E-state index contributed by atoms with van der Waals surface area (Å²) < 4.78 is 0. The van der Waals surface area contributed by atoms with Crippen molar-refractivity contribution in [1.29, 1.82) is 0 Å². The lowest BCUT2D eigenvalue weighted by atomic mass is 9.87. The van der Waals surface area contributed by atoms with Gasteiger partial charge in [0.05, 0.1) is 17.6 Å². The van der Waals surface area contributed by atoms with Crippen molar-refractivity contribution < 1.29 is 9.59 Å². The van der Waals surface area contributed by atoms with E-state index in [4.69, 9.17) is 5.73 Å². The summed E-state index contributed by atoms with van der Waals surface area (Å²) >= 11 is 0. The second-order valence-electron chi connectivity index (χ2n) is 8.33. The van der Waals surface area contributed by atoms with Gasteiger partial charge in [-0.3, -0.25) is 15.0 Å². The number of aryl methyl sites for hydroxylation is 1. The highest BCUT2D eigenvalue weighted by Gasteiger charge is 2.34. The maximum atomic E-state index is 13.8. The minimum atomic E-state index is -0.718. The van der Waals surface area contributed by atoms with Gasteiger partial charge in [0, 0.05) is 5.56 Å². The van der Waals surface area contributed by atoms with E-state index in [-0.39, 0.29) is 17.7 Å². The summed E-state index contributed by atoms with van der Waals surface area (Å²) in [5.41, 5.74) is 13.5. The number of carbonyl (C=O) groups is 2. The van der Waals surface area contributed by atoms with Crippen LogP contribution in [-0.4, -0.2) is 17.9 Å². The largest absolute Gasteiger partial charge is 0.320 e. The first-order chi connectivity index (χ1) is 15.6. The highest BCUT2D eigenvalue weighted by atomic mass is 16.2. The van der Waals surface area contributed by atoms with Gasteiger partial charge >= 0.3 is 0 Å². The number of rotatable bonds is 7. The van der Waals surface area contributed by atoms with Crippen LogP contribution in [0, 0.1) is 0 Å². The van der Waals surface area contributed by atoms with Crippen molar-refractivity contribution in [2.24, 2.45) is 5.73 Å². The fraction of sp³-hybridized carbons (Fsp3) is 0.259. The van der Waals surface area contributed by atoms with E-state index < -0.39 is 6.04 Å². The number of hydrazine groups is 1. The number of amides is 2. The van der Waals surface area contributed by atoms with Crippen molar-refractivity contribution >= 4 is 17.5 Å². The molecule has 0 radical (unpaired) electrons. The summed E-state index contributed by atoms with van der Waals surface area (Å²) in [6.07, 6.45) is 3.59. The molecule has 1 aliphatic rings. The molecule has 0 bridgehead atoms. The minimum absolute atomic E-state index is 0.129. The molecular weight excluding hydrogens is 398 g/mol. The zero-order chi connectivity index (χ0) is 22.5. The summed E-state index contributed by atoms with van der Waals surface area (Å²) in [6.45, 7) is 1.61. The number of anilines is 1. The summed E-state index contributed by atoms with van der Waals surface area (Å²) in [7, 11) is 0. The van der Waals surface area contributed by atoms with Gasteiger partial charge in [-0.25, -0.2) is 5.01 Å². The normalized spacial score (nSPS) is 16.0. The third-order valence-electron chi connectivity index (χ3n) is 5.98. The standard InChI is InChI=1S/C27H29N3O2/c1-19(28)26(31)29-30-25-18-10-9-16-23(25)21-14-7-8-15-22(21)24(27(30)32)17-6-5-13-20-11-3-2-4-12-20/h2-4,7-12,14-16,18-19,24H,5-6,13,17,28H2,1H3,(H,29,31)/t19-,24?/m0/s1. The molecule has 1 unspecified atom stereocenters. The number of nitrogens with two attached hydrogens (primary N) is 1. The number of nitrogens with zero attached hydrogens (tertiary/aromatic N) is 1. The molecular formula is C27H29N3O2. The van der Waals surface area contributed by atoms with E-state index in [0.29, 0.717) is 12.1 Å². The highest BCUT2D eigenvalue weighted by molar-refractivity contribution is 6.06. The van der Waals surface area contributed by atoms with Crippen molar-refractivity contribution in [3.05, 3.63) is 90.0 Å². The van der Waals surface area contributed by atoms with Gasteiger partial charge in [0.1, 0.15) is 0 Å².